The average molecular weight is 306 g/mol. The monoisotopic (exact) mass is 306 g/mol. The van der Waals surface area contributed by atoms with E-state index in [0.29, 0.717) is 11.5 Å². The van der Waals surface area contributed by atoms with E-state index in [4.69, 9.17) is 14.5 Å². The van der Waals surface area contributed by atoms with Crippen LogP contribution >= 0.6 is 0 Å². The van der Waals surface area contributed by atoms with E-state index >= 15 is 0 Å². The van der Waals surface area contributed by atoms with Crippen LogP contribution in [0.25, 0.3) is 33.2 Å². The van der Waals surface area contributed by atoms with Gasteiger partial charge in [0.1, 0.15) is 0 Å². The molecule has 0 saturated heterocycles. The number of fused-ring (bicyclic) bond motifs is 2. The van der Waals surface area contributed by atoms with Gasteiger partial charge in [0, 0.05) is 10.9 Å². The summed E-state index contributed by atoms with van der Waals surface area (Å²) in [5.74, 6) is 1.35. The van der Waals surface area contributed by atoms with Crippen molar-refractivity contribution in [3.63, 3.8) is 0 Å². The molecule has 0 radical (unpaired) electrons. The van der Waals surface area contributed by atoms with Crippen molar-refractivity contribution in [1.82, 2.24) is 20.2 Å². The Labute approximate surface area is 132 Å². The predicted octanol–water partition coefficient (Wildman–Crippen LogP) is 3.19. The number of H-pyrrole nitrogens is 1. The summed E-state index contributed by atoms with van der Waals surface area (Å²) in [4.78, 5) is 9.21. The molecule has 2 aromatic carbocycles. The molecule has 0 amide bonds. The Balaban J connectivity index is 1.86. The fourth-order valence-electron chi connectivity index (χ4n) is 2.58. The first-order chi connectivity index (χ1) is 11.3. The molecule has 1 N–H and O–H groups in total. The molecule has 0 aliphatic rings. The van der Waals surface area contributed by atoms with Crippen molar-refractivity contribution >= 4 is 21.9 Å². The third-order valence-corrected chi connectivity index (χ3v) is 3.78. The van der Waals surface area contributed by atoms with Crippen LogP contribution in [0, 0.1) is 0 Å². The highest BCUT2D eigenvalue weighted by molar-refractivity contribution is 5.93. The second-order valence-corrected chi connectivity index (χ2v) is 5.12. The molecule has 4 aromatic rings. The van der Waals surface area contributed by atoms with Gasteiger partial charge in [-0.25, -0.2) is 4.98 Å². The molecule has 114 valence electrons. The summed E-state index contributed by atoms with van der Waals surface area (Å²) < 4.78 is 10.6. The molecule has 23 heavy (non-hydrogen) atoms. The first kappa shape index (κ1) is 13.5. The summed E-state index contributed by atoms with van der Waals surface area (Å²) in [5, 5.41) is 7.98. The summed E-state index contributed by atoms with van der Waals surface area (Å²) in [6.45, 7) is 0. The van der Waals surface area contributed by atoms with Crippen molar-refractivity contribution < 1.29 is 9.47 Å². The third-order valence-electron chi connectivity index (χ3n) is 3.78. The van der Waals surface area contributed by atoms with Gasteiger partial charge in [-0.2, -0.15) is 5.10 Å². The molecule has 0 bridgehead atoms. The van der Waals surface area contributed by atoms with E-state index in [1.54, 1.807) is 26.6 Å². The SMILES string of the molecule is COc1ccc(-c2cnc3cc4[nH]ncc4cc3n2)cc1OC. The van der Waals surface area contributed by atoms with Crippen molar-refractivity contribution in [3.8, 4) is 22.8 Å². The molecule has 0 spiro atoms. The van der Waals surface area contributed by atoms with Crippen molar-refractivity contribution in [2.45, 2.75) is 0 Å². The molecular weight excluding hydrogens is 292 g/mol. The van der Waals surface area contributed by atoms with Crippen molar-refractivity contribution in [2.75, 3.05) is 14.2 Å². The maximum Gasteiger partial charge on any atom is 0.161 e. The summed E-state index contributed by atoms with van der Waals surface area (Å²) in [6, 6.07) is 9.62. The Bertz CT molecular complexity index is 1010. The lowest BCUT2D eigenvalue weighted by molar-refractivity contribution is 0.355. The summed E-state index contributed by atoms with van der Waals surface area (Å²) in [6.07, 6.45) is 3.53. The van der Waals surface area contributed by atoms with E-state index in [1.807, 2.05) is 30.3 Å². The van der Waals surface area contributed by atoms with E-state index in [1.165, 1.54) is 0 Å². The Hall–Kier alpha value is -3.15. The zero-order valence-corrected chi connectivity index (χ0v) is 12.7. The largest absolute Gasteiger partial charge is 0.493 e. The highest BCUT2D eigenvalue weighted by Crippen LogP contribution is 2.32. The zero-order chi connectivity index (χ0) is 15.8. The van der Waals surface area contributed by atoms with E-state index in [9.17, 15) is 0 Å². The fraction of sp³-hybridized carbons (Fsp3) is 0.118. The topological polar surface area (TPSA) is 72.9 Å². The summed E-state index contributed by atoms with van der Waals surface area (Å²) >= 11 is 0. The number of methoxy groups -OCH3 is 2. The highest BCUT2D eigenvalue weighted by Gasteiger charge is 2.09. The quantitative estimate of drug-likeness (QED) is 0.629. The van der Waals surface area contributed by atoms with Crippen LogP contribution in [0.2, 0.25) is 0 Å². The normalized spacial score (nSPS) is 11.0. The number of nitrogens with zero attached hydrogens (tertiary/aromatic N) is 3. The third kappa shape index (κ3) is 2.24. The average Bonchev–Trinajstić information content (AvgIpc) is 3.05. The van der Waals surface area contributed by atoms with Gasteiger partial charge in [-0.15, -0.1) is 0 Å². The van der Waals surface area contributed by atoms with Gasteiger partial charge in [-0.05, 0) is 30.3 Å². The molecule has 2 aromatic heterocycles. The molecule has 0 aliphatic carbocycles. The van der Waals surface area contributed by atoms with E-state index in [0.717, 1.165) is 33.2 Å². The predicted molar refractivity (Wildman–Crippen MR) is 87.7 cm³/mol. The molecule has 0 saturated carbocycles. The van der Waals surface area contributed by atoms with Crippen LogP contribution in [0.3, 0.4) is 0 Å². The number of ether oxygens (including phenoxy) is 2. The van der Waals surface area contributed by atoms with Gasteiger partial charge in [-0.1, -0.05) is 0 Å². The molecular formula is C17H14N4O2. The van der Waals surface area contributed by atoms with Crippen molar-refractivity contribution in [1.29, 1.82) is 0 Å². The second-order valence-electron chi connectivity index (χ2n) is 5.12. The molecule has 2 heterocycles. The Morgan fingerprint density at radius 3 is 2.61 bits per heavy atom. The lowest BCUT2D eigenvalue weighted by Gasteiger charge is -2.09. The van der Waals surface area contributed by atoms with Crippen molar-refractivity contribution in [3.05, 3.63) is 42.7 Å². The minimum Gasteiger partial charge on any atom is -0.493 e. The first-order valence-electron chi connectivity index (χ1n) is 7.11. The number of aromatic amines is 1. The molecule has 4 rings (SSSR count). The molecule has 6 nitrogen and oxygen atoms in total. The van der Waals surface area contributed by atoms with Crippen LogP contribution in [0.5, 0.6) is 11.5 Å². The van der Waals surface area contributed by atoms with Crippen molar-refractivity contribution in [2.24, 2.45) is 0 Å². The van der Waals surface area contributed by atoms with Crippen LogP contribution in [-0.4, -0.2) is 34.4 Å². The Morgan fingerprint density at radius 2 is 1.78 bits per heavy atom. The van der Waals surface area contributed by atoms with Gasteiger partial charge in [0.2, 0.25) is 0 Å². The van der Waals surface area contributed by atoms with Crippen LogP contribution < -0.4 is 9.47 Å². The van der Waals surface area contributed by atoms with Crippen LogP contribution in [0.1, 0.15) is 0 Å². The maximum absolute atomic E-state index is 5.35. The maximum atomic E-state index is 5.35. The fourth-order valence-corrected chi connectivity index (χ4v) is 2.58. The number of benzene rings is 2. The molecule has 0 atom stereocenters. The summed E-state index contributed by atoms with van der Waals surface area (Å²) in [7, 11) is 3.23. The lowest BCUT2D eigenvalue weighted by Crippen LogP contribution is -1.93. The van der Waals surface area contributed by atoms with Gasteiger partial charge < -0.3 is 9.47 Å². The van der Waals surface area contributed by atoms with E-state index in [2.05, 4.69) is 15.2 Å². The molecule has 0 fully saturated rings. The van der Waals surface area contributed by atoms with E-state index in [-0.39, 0.29) is 0 Å². The smallest absolute Gasteiger partial charge is 0.161 e. The van der Waals surface area contributed by atoms with Gasteiger partial charge in [0.25, 0.3) is 0 Å². The number of nitrogens with one attached hydrogen (secondary N) is 1. The summed E-state index contributed by atoms with van der Waals surface area (Å²) in [5.41, 5.74) is 4.30. The molecule has 6 heteroatoms. The number of rotatable bonds is 3. The lowest BCUT2D eigenvalue weighted by atomic mass is 10.1. The van der Waals surface area contributed by atoms with Gasteiger partial charge in [-0.3, -0.25) is 10.1 Å². The highest BCUT2D eigenvalue weighted by atomic mass is 16.5. The molecule has 0 aliphatic heterocycles. The van der Waals surface area contributed by atoms with Crippen LogP contribution in [-0.2, 0) is 0 Å². The molecule has 0 unspecified atom stereocenters. The van der Waals surface area contributed by atoms with E-state index < -0.39 is 0 Å². The van der Waals surface area contributed by atoms with Crippen LogP contribution in [0.4, 0.5) is 0 Å². The van der Waals surface area contributed by atoms with Crippen LogP contribution in [0.15, 0.2) is 42.7 Å². The van der Waals surface area contributed by atoms with Gasteiger partial charge >= 0.3 is 0 Å². The van der Waals surface area contributed by atoms with Gasteiger partial charge in [0.15, 0.2) is 11.5 Å². The standard InChI is InChI=1S/C17H14N4O2/c1-22-16-4-3-10(6-17(16)23-2)15-9-18-13-7-12-11(8-19-21-12)5-14(13)20-15/h3-9H,1-2H3,(H,19,21). The first-order valence-corrected chi connectivity index (χ1v) is 7.11. The number of aromatic nitrogens is 4. The minimum atomic E-state index is 0.664. The minimum absolute atomic E-state index is 0.664. The zero-order valence-electron chi connectivity index (χ0n) is 12.7. The Kier molecular flexibility index (Phi) is 3.08. The van der Waals surface area contributed by atoms with Gasteiger partial charge in [0.05, 0.1) is 48.9 Å². The number of hydrogen-bond donors (Lipinski definition) is 1. The second kappa shape index (κ2) is 5.24. The Morgan fingerprint density at radius 1 is 0.913 bits per heavy atom. The number of hydrogen-bond acceptors (Lipinski definition) is 5.